The molecule has 1 atom stereocenters. The minimum atomic E-state index is -0.399. The summed E-state index contributed by atoms with van der Waals surface area (Å²) in [4.78, 5) is 17.2. The van der Waals surface area contributed by atoms with Crippen LogP contribution in [0.25, 0.3) is 11.3 Å². The number of hydrogen-bond acceptors (Lipinski definition) is 4. The number of nitrogens with zero attached hydrogens (tertiary/aromatic N) is 1. The maximum atomic E-state index is 12.6. The molecule has 5 heteroatoms. The van der Waals surface area contributed by atoms with Crippen molar-refractivity contribution in [2.24, 2.45) is 11.7 Å². The second kappa shape index (κ2) is 7.23. The molecule has 0 aliphatic rings. The number of aromatic nitrogens is 1. The summed E-state index contributed by atoms with van der Waals surface area (Å²) >= 11 is 1.63. The molecule has 0 fully saturated rings. The fraction of sp³-hybridized carbons (Fsp3) is 0.444. The van der Waals surface area contributed by atoms with Crippen LogP contribution in [0.1, 0.15) is 43.2 Å². The fourth-order valence-electron chi connectivity index (χ4n) is 2.80. The normalized spacial score (nSPS) is 13.8. The SMILES string of the molecule is Cc1nc(-c2ccsc2)ccc1C(=O)NC(C)(CN)CC(C)C. The molecule has 2 aromatic rings. The third-order valence-electron chi connectivity index (χ3n) is 3.87. The molecule has 0 saturated heterocycles. The molecule has 2 rings (SSSR count). The summed E-state index contributed by atoms with van der Waals surface area (Å²) < 4.78 is 0. The van der Waals surface area contributed by atoms with Crippen molar-refractivity contribution in [2.45, 2.75) is 39.7 Å². The van der Waals surface area contributed by atoms with Crippen LogP contribution in [0, 0.1) is 12.8 Å². The Balaban J connectivity index is 2.19. The number of rotatable bonds is 6. The molecule has 0 saturated carbocycles. The number of pyridine rings is 1. The Labute approximate surface area is 142 Å². The average molecular weight is 331 g/mol. The summed E-state index contributed by atoms with van der Waals surface area (Å²) in [7, 11) is 0. The lowest BCUT2D eigenvalue weighted by Crippen LogP contribution is -2.52. The van der Waals surface area contributed by atoms with Crippen molar-refractivity contribution in [1.82, 2.24) is 10.3 Å². The van der Waals surface area contributed by atoms with Gasteiger partial charge in [0.25, 0.3) is 5.91 Å². The molecular weight excluding hydrogens is 306 g/mol. The van der Waals surface area contributed by atoms with Gasteiger partial charge in [0.2, 0.25) is 0 Å². The van der Waals surface area contributed by atoms with Gasteiger partial charge in [0.05, 0.1) is 17.0 Å². The maximum absolute atomic E-state index is 12.6. The lowest BCUT2D eigenvalue weighted by Gasteiger charge is -2.31. The zero-order valence-corrected chi connectivity index (χ0v) is 15.0. The van der Waals surface area contributed by atoms with Crippen LogP contribution >= 0.6 is 11.3 Å². The smallest absolute Gasteiger partial charge is 0.253 e. The molecule has 0 bridgehead atoms. The van der Waals surface area contributed by atoms with Crippen LogP contribution < -0.4 is 11.1 Å². The van der Waals surface area contributed by atoms with E-state index in [0.717, 1.165) is 23.4 Å². The van der Waals surface area contributed by atoms with Gasteiger partial charge in [0.1, 0.15) is 0 Å². The molecule has 0 aliphatic heterocycles. The van der Waals surface area contributed by atoms with E-state index in [0.29, 0.717) is 18.0 Å². The first-order valence-corrected chi connectivity index (χ1v) is 8.82. The molecule has 0 aromatic carbocycles. The van der Waals surface area contributed by atoms with Gasteiger partial charge in [-0.15, -0.1) is 0 Å². The van der Waals surface area contributed by atoms with Gasteiger partial charge in [-0.3, -0.25) is 9.78 Å². The zero-order valence-electron chi connectivity index (χ0n) is 14.2. The van der Waals surface area contributed by atoms with E-state index in [4.69, 9.17) is 5.73 Å². The van der Waals surface area contributed by atoms with Crippen LogP contribution in [0.3, 0.4) is 0 Å². The fourth-order valence-corrected chi connectivity index (χ4v) is 3.45. The van der Waals surface area contributed by atoms with Crippen LogP contribution in [-0.4, -0.2) is 23.0 Å². The molecule has 1 amide bonds. The Morgan fingerprint density at radius 2 is 2.13 bits per heavy atom. The predicted molar refractivity (Wildman–Crippen MR) is 96.7 cm³/mol. The first-order chi connectivity index (χ1) is 10.8. The minimum absolute atomic E-state index is 0.111. The molecule has 124 valence electrons. The summed E-state index contributed by atoms with van der Waals surface area (Å²) in [6.07, 6.45) is 0.842. The Bertz CT molecular complexity index is 667. The van der Waals surface area contributed by atoms with Crippen molar-refractivity contribution in [3.05, 3.63) is 40.2 Å². The van der Waals surface area contributed by atoms with Crippen molar-refractivity contribution in [3.63, 3.8) is 0 Å². The van der Waals surface area contributed by atoms with E-state index in [9.17, 15) is 4.79 Å². The van der Waals surface area contributed by atoms with E-state index in [1.807, 2.05) is 37.4 Å². The number of carbonyl (C=O) groups is 1. The van der Waals surface area contributed by atoms with Crippen molar-refractivity contribution < 1.29 is 4.79 Å². The molecule has 0 spiro atoms. The maximum Gasteiger partial charge on any atom is 0.253 e. The molecule has 3 N–H and O–H groups in total. The Morgan fingerprint density at radius 1 is 1.39 bits per heavy atom. The number of carbonyl (C=O) groups excluding carboxylic acids is 1. The largest absolute Gasteiger partial charge is 0.346 e. The molecule has 4 nitrogen and oxygen atoms in total. The number of thiophene rings is 1. The first kappa shape index (κ1) is 17.6. The van der Waals surface area contributed by atoms with Gasteiger partial charge in [-0.05, 0) is 49.8 Å². The summed E-state index contributed by atoms with van der Waals surface area (Å²) in [5.41, 5.74) is 8.79. The Kier molecular flexibility index (Phi) is 5.55. The van der Waals surface area contributed by atoms with Crippen LogP contribution in [0.4, 0.5) is 0 Å². The number of nitrogens with one attached hydrogen (secondary N) is 1. The number of amides is 1. The van der Waals surface area contributed by atoms with Gasteiger partial charge in [-0.1, -0.05) is 13.8 Å². The molecule has 1 unspecified atom stereocenters. The van der Waals surface area contributed by atoms with E-state index in [-0.39, 0.29) is 5.91 Å². The second-order valence-corrected chi connectivity index (χ2v) is 7.44. The van der Waals surface area contributed by atoms with Gasteiger partial charge in [-0.25, -0.2) is 0 Å². The molecule has 0 radical (unpaired) electrons. The molecule has 23 heavy (non-hydrogen) atoms. The van der Waals surface area contributed by atoms with E-state index in [2.05, 4.69) is 29.5 Å². The Hall–Kier alpha value is -1.72. The molecular formula is C18H25N3OS. The molecule has 2 heterocycles. The summed E-state index contributed by atoms with van der Waals surface area (Å²) in [5, 5.41) is 7.15. The highest BCUT2D eigenvalue weighted by Crippen LogP contribution is 2.22. The van der Waals surface area contributed by atoms with E-state index < -0.39 is 5.54 Å². The van der Waals surface area contributed by atoms with E-state index >= 15 is 0 Å². The zero-order chi connectivity index (χ0) is 17.0. The second-order valence-electron chi connectivity index (χ2n) is 6.66. The summed E-state index contributed by atoms with van der Waals surface area (Å²) in [6, 6.07) is 5.77. The van der Waals surface area contributed by atoms with Crippen LogP contribution in [-0.2, 0) is 0 Å². The predicted octanol–water partition coefficient (Wildman–Crippen LogP) is 3.61. The van der Waals surface area contributed by atoms with Gasteiger partial charge in [0.15, 0.2) is 0 Å². The van der Waals surface area contributed by atoms with Gasteiger partial charge in [0, 0.05) is 23.0 Å². The van der Waals surface area contributed by atoms with Gasteiger partial charge >= 0.3 is 0 Å². The van der Waals surface area contributed by atoms with Crippen molar-refractivity contribution in [3.8, 4) is 11.3 Å². The summed E-state index contributed by atoms with van der Waals surface area (Å²) in [5.74, 6) is 0.351. The number of aryl methyl sites for hydroxylation is 1. The number of hydrogen-bond donors (Lipinski definition) is 2. The third-order valence-corrected chi connectivity index (χ3v) is 4.56. The van der Waals surface area contributed by atoms with Crippen LogP contribution in [0.5, 0.6) is 0 Å². The highest BCUT2D eigenvalue weighted by atomic mass is 32.1. The van der Waals surface area contributed by atoms with Crippen LogP contribution in [0.2, 0.25) is 0 Å². The van der Waals surface area contributed by atoms with Gasteiger partial charge < -0.3 is 11.1 Å². The highest BCUT2D eigenvalue weighted by molar-refractivity contribution is 7.08. The lowest BCUT2D eigenvalue weighted by atomic mass is 9.90. The third kappa shape index (κ3) is 4.39. The topological polar surface area (TPSA) is 68.0 Å². The Morgan fingerprint density at radius 3 is 2.65 bits per heavy atom. The van der Waals surface area contributed by atoms with E-state index in [1.54, 1.807) is 11.3 Å². The van der Waals surface area contributed by atoms with Crippen molar-refractivity contribution in [2.75, 3.05) is 6.54 Å². The average Bonchev–Trinajstić information content (AvgIpc) is 3.00. The monoisotopic (exact) mass is 331 g/mol. The minimum Gasteiger partial charge on any atom is -0.346 e. The summed E-state index contributed by atoms with van der Waals surface area (Å²) in [6.45, 7) is 8.53. The van der Waals surface area contributed by atoms with Crippen LogP contribution in [0.15, 0.2) is 29.0 Å². The highest BCUT2D eigenvalue weighted by Gasteiger charge is 2.27. The number of nitrogens with two attached hydrogens (primary N) is 1. The van der Waals surface area contributed by atoms with E-state index in [1.165, 1.54) is 0 Å². The standard InChI is InChI=1S/C18H25N3OS/c1-12(2)9-18(4,11-19)21-17(22)15-5-6-16(20-13(15)3)14-7-8-23-10-14/h5-8,10,12H,9,11,19H2,1-4H3,(H,21,22). The molecule has 0 aliphatic carbocycles. The first-order valence-electron chi connectivity index (χ1n) is 7.87. The van der Waals surface area contributed by atoms with Gasteiger partial charge in [-0.2, -0.15) is 11.3 Å². The van der Waals surface area contributed by atoms with Crippen molar-refractivity contribution in [1.29, 1.82) is 0 Å². The lowest BCUT2D eigenvalue weighted by molar-refractivity contribution is 0.0897. The molecule has 2 aromatic heterocycles. The van der Waals surface area contributed by atoms with Crippen molar-refractivity contribution >= 4 is 17.2 Å². The quantitative estimate of drug-likeness (QED) is 0.849.